The quantitative estimate of drug-likeness (QED) is 0.768. The maximum Gasteiger partial charge on any atom is 0.0483 e. The molecule has 20 heavy (non-hydrogen) atoms. The molecule has 0 saturated carbocycles. The Morgan fingerprint density at radius 3 is 2.70 bits per heavy atom. The predicted molar refractivity (Wildman–Crippen MR) is 85.0 cm³/mol. The monoisotopic (exact) mass is 264 g/mol. The van der Waals surface area contributed by atoms with Crippen molar-refractivity contribution >= 4 is 10.9 Å². The van der Waals surface area contributed by atoms with Crippen LogP contribution >= 0.6 is 0 Å². The molecule has 2 aromatic carbocycles. The topological polar surface area (TPSA) is 30.9 Å². The molecule has 2 N–H and O–H groups in total. The highest BCUT2D eigenvalue weighted by Gasteiger charge is 2.03. The van der Waals surface area contributed by atoms with Gasteiger partial charge in [0.2, 0.25) is 0 Å². The van der Waals surface area contributed by atoms with Crippen LogP contribution in [-0.4, -0.2) is 11.1 Å². The summed E-state index contributed by atoms with van der Waals surface area (Å²) >= 11 is 0. The minimum Gasteiger partial charge on any atom is -0.343 e. The van der Waals surface area contributed by atoms with Crippen LogP contribution in [0.25, 0.3) is 10.9 Å². The number of aromatic nitrogens is 1. The Morgan fingerprint density at radius 2 is 1.90 bits per heavy atom. The minimum absolute atomic E-state index is 0.704. The van der Waals surface area contributed by atoms with Crippen molar-refractivity contribution in [1.82, 2.24) is 4.57 Å². The number of nitrogens with two attached hydrogens (primary N) is 1. The van der Waals surface area contributed by atoms with Gasteiger partial charge in [-0.15, -0.1) is 0 Å². The molecule has 0 fully saturated rings. The SMILES string of the molecule is Cc1cccc(Cn2ccc3cc(CCN)ccc32)c1. The van der Waals surface area contributed by atoms with E-state index in [-0.39, 0.29) is 0 Å². The van der Waals surface area contributed by atoms with Crippen molar-refractivity contribution in [1.29, 1.82) is 0 Å². The molecule has 1 aromatic heterocycles. The molecule has 0 unspecified atom stereocenters. The normalized spacial score (nSPS) is 11.1. The first-order valence-electron chi connectivity index (χ1n) is 7.09. The highest BCUT2D eigenvalue weighted by atomic mass is 14.9. The van der Waals surface area contributed by atoms with Gasteiger partial charge in [0, 0.05) is 18.3 Å². The zero-order chi connectivity index (χ0) is 13.9. The molecule has 0 amide bonds. The van der Waals surface area contributed by atoms with Crippen LogP contribution in [0.15, 0.2) is 54.7 Å². The molecule has 102 valence electrons. The third kappa shape index (κ3) is 2.61. The lowest BCUT2D eigenvalue weighted by Crippen LogP contribution is -2.02. The first-order valence-corrected chi connectivity index (χ1v) is 7.09. The minimum atomic E-state index is 0.704. The van der Waals surface area contributed by atoms with Gasteiger partial charge in [0.1, 0.15) is 0 Å². The predicted octanol–water partition coefficient (Wildman–Crippen LogP) is 3.50. The van der Waals surface area contributed by atoms with Gasteiger partial charge in [-0.05, 0) is 54.6 Å². The number of fused-ring (bicyclic) bond motifs is 1. The smallest absolute Gasteiger partial charge is 0.0483 e. The van der Waals surface area contributed by atoms with Gasteiger partial charge < -0.3 is 10.3 Å². The van der Waals surface area contributed by atoms with E-state index in [2.05, 4.69) is 66.2 Å². The lowest BCUT2D eigenvalue weighted by molar-refractivity contribution is 0.835. The fourth-order valence-corrected chi connectivity index (χ4v) is 2.72. The molecule has 1 heterocycles. The van der Waals surface area contributed by atoms with E-state index in [4.69, 9.17) is 5.73 Å². The second kappa shape index (κ2) is 5.51. The molecule has 0 atom stereocenters. The number of benzene rings is 2. The van der Waals surface area contributed by atoms with Crippen molar-refractivity contribution in [3.8, 4) is 0 Å². The Kier molecular flexibility index (Phi) is 3.57. The Bertz CT molecular complexity index is 725. The van der Waals surface area contributed by atoms with Gasteiger partial charge in [-0.2, -0.15) is 0 Å². The molecule has 0 spiro atoms. The number of nitrogens with zero attached hydrogens (tertiary/aromatic N) is 1. The summed E-state index contributed by atoms with van der Waals surface area (Å²) in [6.07, 6.45) is 3.11. The fraction of sp³-hybridized carbons (Fsp3) is 0.222. The number of hydrogen-bond donors (Lipinski definition) is 1. The second-order valence-corrected chi connectivity index (χ2v) is 5.36. The zero-order valence-electron chi connectivity index (χ0n) is 11.8. The molecule has 0 bridgehead atoms. The van der Waals surface area contributed by atoms with Crippen molar-refractivity contribution in [2.45, 2.75) is 19.9 Å². The van der Waals surface area contributed by atoms with Crippen LogP contribution in [0.5, 0.6) is 0 Å². The van der Waals surface area contributed by atoms with Crippen LogP contribution in [-0.2, 0) is 13.0 Å². The molecular weight excluding hydrogens is 244 g/mol. The highest BCUT2D eigenvalue weighted by molar-refractivity contribution is 5.81. The van der Waals surface area contributed by atoms with Gasteiger partial charge in [0.15, 0.2) is 0 Å². The molecule has 2 heteroatoms. The van der Waals surface area contributed by atoms with Crippen LogP contribution < -0.4 is 5.73 Å². The number of aryl methyl sites for hydroxylation is 1. The van der Waals surface area contributed by atoms with E-state index in [1.807, 2.05) is 0 Å². The van der Waals surface area contributed by atoms with Crippen LogP contribution in [0, 0.1) is 6.92 Å². The maximum absolute atomic E-state index is 5.62. The Hall–Kier alpha value is -2.06. The summed E-state index contributed by atoms with van der Waals surface area (Å²) in [4.78, 5) is 0. The van der Waals surface area contributed by atoms with Crippen molar-refractivity contribution in [2.24, 2.45) is 5.73 Å². The fourth-order valence-electron chi connectivity index (χ4n) is 2.72. The summed E-state index contributed by atoms with van der Waals surface area (Å²) < 4.78 is 2.30. The van der Waals surface area contributed by atoms with Crippen LogP contribution in [0.1, 0.15) is 16.7 Å². The summed E-state index contributed by atoms with van der Waals surface area (Å²) in [5, 5.41) is 1.30. The summed E-state index contributed by atoms with van der Waals surface area (Å²) in [5.74, 6) is 0. The third-order valence-corrected chi connectivity index (χ3v) is 3.70. The summed E-state index contributed by atoms with van der Waals surface area (Å²) in [6.45, 7) is 3.76. The molecule has 3 rings (SSSR count). The summed E-state index contributed by atoms with van der Waals surface area (Å²) in [6, 6.07) is 17.5. The van der Waals surface area contributed by atoms with Crippen molar-refractivity contribution in [2.75, 3.05) is 6.54 Å². The van der Waals surface area contributed by atoms with Crippen molar-refractivity contribution in [3.63, 3.8) is 0 Å². The largest absolute Gasteiger partial charge is 0.343 e. The molecule has 0 saturated heterocycles. The highest BCUT2D eigenvalue weighted by Crippen LogP contribution is 2.19. The molecule has 2 nitrogen and oxygen atoms in total. The van der Waals surface area contributed by atoms with Crippen molar-refractivity contribution < 1.29 is 0 Å². The van der Waals surface area contributed by atoms with E-state index in [1.165, 1.54) is 27.6 Å². The first kappa shape index (κ1) is 12.9. The van der Waals surface area contributed by atoms with Gasteiger partial charge in [-0.3, -0.25) is 0 Å². The first-order chi connectivity index (χ1) is 9.76. The lowest BCUT2D eigenvalue weighted by atomic mass is 10.1. The number of hydrogen-bond acceptors (Lipinski definition) is 1. The van der Waals surface area contributed by atoms with E-state index in [1.54, 1.807) is 0 Å². The molecule has 0 aliphatic rings. The van der Waals surface area contributed by atoms with Gasteiger partial charge in [0.05, 0.1) is 0 Å². The average molecular weight is 264 g/mol. The van der Waals surface area contributed by atoms with E-state index >= 15 is 0 Å². The van der Waals surface area contributed by atoms with Gasteiger partial charge in [0.25, 0.3) is 0 Å². The number of rotatable bonds is 4. The standard InChI is InChI=1S/C18H20N2/c1-14-3-2-4-16(11-14)13-20-10-8-17-12-15(7-9-19)5-6-18(17)20/h2-6,8,10-12H,7,9,13,19H2,1H3. The summed E-state index contributed by atoms with van der Waals surface area (Å²) in [5.41, 5.74) is 10.9. The maximum atomic E-state index is 5.62. The van der Waals surface area contributed by atoms with E-state index in [0.29, 0.717) is 6.54 Å². The third-order valence-electron chi connectivity index (χ3n) is 3.70. The van der Waals surface area contributed by atoms with Crippen molar-refractivity contribution in [3.05, 3.63) is 71.4 Å². The molecule has 0 radical (unpaired) electrons. The van der Waals surface area contributed by atoms with E-state index in [9.17, 15) is 0 Å². The van der Waals surface area contributed by atoms with Crippen LogP contribution in [0.4, 0.5) is 0 Å². The van der Waals surface area contributed by atoms with Gasteiger partial charge in [-0.25, -0.2) is 0 Å². The Labute approximate surface area is 119 Å². The van der Waals surface area contributed by atoms with Gasteiger partial charge >= 0.3 is 0 Å². The second-order valence-electron chi connectivity index (χ2n) is 5.36. The van der Waals surface area contributed by atoms with Crippen LogP contribution in [0.3, 0.4) is 0 Å². The molecular formula is C18H20N2. The molecule has 0 aliphatic carbocycles. The average Bonchev–Trinajstić information content (AvgIpc) is 2.82. The summed E-state index contributed by atoms with van der Waals surface area (Å²) in [7, 11) is 0. The Morgan fingerprint density at radius 1 is 1.00 bits per heavy atom. The molecule has 0 aliphatic heterocycles. The molecule has 3 aromatic rings. The van der Waals surface area contributed by atoms with E-state index in [0.717, 1.165) is 13.0 Å². The van der Waals surface area contributed by atoms with E-state index < -0.39 is 0 Å². The van der Waals surface area contributed by atoms with Gasteiger partial charge in [-0.1, -0.05) is 35.9 Å². The Balaban J connectivity index is 1.92. The zero-order valence-corrected chi connectivity index (χ0v) is 11.8. The van der Waals surface area contributed by atoms with Crippen LogP contribution in [0.2, 0.25) is 0 Å². The lowest BCUT2D eigenvalue weighted by Gasteiger charge is -2.07.